The molecule has 0 radical (unpaired) electrons. The van der Waals surface area contributed by atoms with E-state index < -0.39 is 6.10 Å². The van der Waals surface area contributed by atoms with E-state index in [-0.39, 0.29) is 6.04 Å². The molecule has 3 heteroatoms. The fraction of sp³-hybridized carbons (Fsp3) is 0.400. The van der Waals surface area contributed by atoms with Crippen LogP contribution in [-0.2, 0) is 0 Å². The zero-order valence-corrected chi connectivity index (χ0v) is 10.6. The van der Waals surface area contributed by atoms with E-state index in [4.69, 9.17) is 11.7 Å². The predicted molar refractivity (Wildman–Crippen MR) is 71.6 cm³/mol. The number of hydrogen-bond acceptors (Lipinski definition) is 3. The third kappa shape index (κ3) is 4.22. The minimum Gasteiger partial charge on any atom is -0.387 e. The maximum absolute atomic E-state index is 10.00. The predicted octanol–water partition coefficient (Wildman–Crippen LogP) is 1.98. The number of rotatable bonds is 6. The molecule has 0 saturated heterocycles. The summed E-state index contributed by atoms with van der Waals surface area (Å²) < 4.78 is 0. The molecule has 0 saturated carbocycles. The molecule has 0 aliphatic carbocycles. The van der Waals surface area contributed by atoms with Gasteiger partial charge in [0.25, 0.3) is 0 Å². The lowest BCUT2D eigenvalue weighted by molar-refractivity contribution is 0.169. The van der Waals surface area contributed by atoms with E-state index >= 15 is 0 Å². The molecule has 0 bridgehead atoms. The van der Waals surface area contributed by atoms with Gasteiger partial charge in [0, 0.05) is 19.0 Å². The standard InChI is InChI=1S/C15H18N2O/c1-3-5-14(4-2)17-11-15(18)13-8-6-12(10-16)7-9-13/h1,6-9,14-15,17-18H,4-5,11H2,2H3. The monoisotopic (exact) mass is 242 g/mol. The molecule has 0 heterocycles. The van der Waals surface area contributed by atoms with E-state index in [1.807, 2.05) is 6.07 Å². The van der Waals surface area contributed by atoms with Crippen molar-refractivity contribution in [3.8, 4) is 18.4 Å². The Morgan fingerprint density at radius 1 is 1.39 bits per heavy atom. The summed E-state index contributed by atoms with van der Waals surface area (Å²) in [5.41, 5.74) is 1.40. The molecule has 18 heavy (non-hydrogen) atoms. The maximum Gasteiger partial charge on any atom is 0.0991 e. The van der Waals surface area contributed by atoms with Gasteiger partial charge in [0.05, 0.1) is 17.7 Å². The number of benzene rings is 1. The van der Waals surface area contributed by atoms with Crippen molar-refractivity contribution in [2.75, 3.05) is 6.54 Å². The van der Waals surface area contributed by atoms with Crippen molar-refractivity contribution in [2.45, 2.75) is 31.9 Å². The summed E-state index contributed by atoms with van der Waals surface area (Å²) in [5, 5.41) is 21.9. The molecule has 0 aliphatic heterocycles. The van der Waals surface area contributed by atoms with Crippen LogP contribution in [0.2, 0.25) is 0 Å². The molecule has 0 aliphatic rings. The molecule has 2 atom stereocenters. The molecule has 0 aromatic heterocycles. The van der Waals surface area contributed by atoms with Crippen LogP contribution in [0.3, 0.4) is 0 Å². The zero-order chi connectivity index (χ0) is 13.4. The number of nitriles is 1. The molecule has 2 N–H and O–H groups in total. The fourth-order valence-corrected chi connectivity index (χ4v) is 1.68. The average molecular weight is 242 g/mol. The van der Waals surface area contributed by atoms with Crippen molar-refractivity contribution in [3.05, 3.63) is 35.4 Å². The summed E-state index contributed by atoms with van der Waals surface area (Å²) in [6.45, 7) is 2.52. The second-order valence-electron chi connectivity index (χ2n) is 4.17. The van der Waals surface area contributed by atoms with Gasteiger partial charge in [-0.05, 0) is 24.1 Å². The number of aliphatic hydroxyl groups is 1. The first-order chi connectivity index (χ1) is 8.71. The van der Waals surface area contributed by atoms with Gasteiger partial charge in [-0.3, -0.25) is 0 Å². The zero-order valence-electron chi connectivity index (χ0n) is 10.6. The SMILES string of the molecule is C#CCC(CC)NCC(O)c1ccc(C#N)cc1. The van der Waals surface area contributed by atoms with Crippen molar-refractivity contribution in [2.24, 2.45) is 0 Å². The van der Waals surface area contributed by atoms with Crippen LogP contribution in [0.4, 0.5) is 0 Å². The Balaban J connectivity index is 2.52. The van der Waals surface area contributed by atoms with Crippen molar-refractivity contribution in [1.29, 1.82) is 5.26 Å². The van der Waals surface area contributed by atoms with Crippen LogP contribution in [-0.4, -0.2) is 17.7 Å². The Morgan fingerprint density at radius 2 is 2.06 bits per heavy atom. The van der Waals surface area contributed by atoms with Crippen molar-refractivity contribution >= 4 is 0 Å². The first-order valence-electron chi connectivity index (χ1n) is 6.06. The van der Waals surface area contributed by atoms with Crippen molar-refractivity contribution in [1.82, 2.24) is 5.32 Å². The summed E-state index contributed by atoms with van der Waals surface area (Å²) in [7, 11) is 0. The van der Waals surface area contributed by atoms with E-state index in [1.165, 1.54) is 0 Å². The first kappa shape index (κ1) is 14.3. The van der Waals surface area contributed by atoms with E-state index in [2.05, 4.69) is 18.2 Å². The van der Waals surface area contributed by atoms with Crippen LogP contribution < -0.4 is 5.32 Å². The van der Waals surface area contributed by atoms with Crippen LogP contribution in [0, 0.1) is 23.7 Å². The normalized spacial score (nSPS) is 13.3. The summed E-state index contributed by atoms with van der Waals surface area (Å²) in [5.74, 6) is 2.62. The summed E-state index contributed by atoms with van der Waals surface area (Å²) in [6.07, 6.45) is 6.29. The molecular weight excluding hydrogens is 224 g/mol. The molecule has 0 spiro atoms. The lowest BCUT2D eigenvalue weighted by Crippen LogP contribution is -2.32. The smallest absolute Gasteiger partial charge is 0.0991 e. The Kier molecular flexibility index (Phi) is 5.94. The molecule has 1 aromatic rings. The average Bonchev–Trinajstić information content (AvgIpc) is 2.43. The largest absolute Gasteiger partial charge is 0.387 e. The lowest BCUT2D eigenvalue weighted by atomic mass is 10.1. The van der Waals surface area contributed by atoms with Gasteiger partial charge in [0.2, 0.25) is 0 Å². The highest BCUT2D eigenvalue weighted by atomic mass is 16.3. The van der Waals surface area contributed by atoms with Gasteiger partial charge in [-0.2, -0.15) is 5.26 Å². The highest BCUT2D eigenvalue weighted by Gasteiger charge is 2.10. The molecule has 0 amide bonds. The number of aliphatic hydroxyl groups excluding tert-OH is 1. The van der Waals surface area contributed by atoms with Gasteiger partial charge < -0.3 is 10.4 Å². The van der Waals surface area contributed by atoms with Gasteiger partial charge >= 0.3 is 0 Å². The summed E-state index contributed by atoms with van der Waals surface area (Å²) in [4.78, 5) is 0. The van der Waals surface area contributed by atoms with Crippen molar-refractivity contribution < 1.29 is 5.11 Å². The van der Waals surface area contributed by atoms with Crippen LogP contribution in [0.25, 0.3) is 0 Å². The van der Waals surface area contributed by atoms with E-state index in [0.29, 0.717) is 18.5 Å². The molecule has 1 rings (SSSR count). The number of hydrogen-bond donors (Lipinski definition) is 2. The molecule has 0 fully saturated rings. The first-order valence-corrected chi connectivity index (χ1v) is 6.06. The molecular formula is C15H18N2O. The van der Waals surface area contributed by atoms with Gasteiger partial charge in [-0.25, -0.2) is 0 Å². The highest BCUT2D eigenvalue weighted by Crippen LogP contribution is 2.13. The Morgan fingerprint density at radius 3 is 2.56 bits per heavy atom. The quantitative estimate of drug-likeness (QED) is 0.750. The Hall–Kier alpha value is -1.81. The van der Waals surface area contributed by atoms with E-state index in [1.54, 1.807) is 24.3 Å². The van der Waals surface area contributed by atoms with Gasteiger partial charge in [-0.15, -0.1) is 12.3 Å². The molecule has 2 unspecified atom stereocenters. The highest BCUT2D eigenvalue weighted by molar-refractivity contribution is 5.32. The molecule has 94 valence electrons. The minimum atomic E-state index is -0.579. The van der Waals surface area contributed by atoms with Gasteiger partial charge in [-0.1, -0.05) is 19.1 Å². The third-order valence-corrected chi connectivity index (χ3v) is 2.88. The second-order valence-corrected chi connectivity index (χ2v) is 4.17. The number of nitrogens with one attached hydrogen (secondary N) is 1. The topological polar surface area (TPSA) is 56.0 Å². The Bertz CT molecular complexity index is 439. The van der Waals surface area contributed by atoms with E-state index in [9.17, 15) is 5.11 Å². The number of nitrogens with zero attached hydrogens (tertiary/aromatic N) is 1. The molecule has 3 nitrogen and oxygen atoms in total. The van der Waals surface area contributed by atoms with Crippen LogP contribution >= 0.6 is 0 Å². The summed E-state index contributed by atoms with van der Waals surface area (Å²) >= 11 is 0. The maximum atomic E-state index is 10.00. The van der Waals surface area contributed by atoms with Gasteiger partial charge in [0.1, 0.15) is 0 Å². The lowest BCUT2D eigenvalue weighted by Gasteiger charge is -2.17. The summed E-state index contributed by atoms with van der Waals surface area (Å²) in [6, 6.07) is 9.24. The third-order valence-electron chi connectivity index (χ3n) is 2.88. The van der Waals surface area contributed by atoms with Crippen LogP contribution in [0.5, 0.6) is 0 Å². The van der Waals surface area contributed by atoms with E-state index in [0.717, 1.165) is 12.0 Å². The minimum absolute atomic E-state index is 0.239. The number of terminal acetylenes is 1. The van der Waals surface area contributed by atoms with Gasteiger partial charge in [0.15, 0.2) is 0 Å². The fourth-order valence-electron chi connectivity index (χ4n) is 1.68. The van der Waals surface area contributed by atoms with Crippen LogP contribution in [0.15, 0.2) is 24.3 Å². The molecule has 1 aromatic carbocycles. The second kappa shape index (κ2) is 7.50. The van der Waals surface area contributed by atoms with Crippen molar-refractivity contribution in [3.63, 3.8) is 0 Å². The van der Waals surface area contributed by atoms with Crippen LogP contribution in [0.1, 0.15) is 37.0 Å². The Labute approximate surface area is 108 Å².